The number of amides is 1. The normalized spacial score (nSPS) is 13.4. The maximum absolute atomic E-state index is 12.6. The van der Waals surface area contributed by atoms with E-state index in [0.717, 1.165) is 16.9 Å². The van der Waals surface area contributed by atoms with E-state index >= 15 is 0 Å². The number of fused-ring (bicyclic) bond motifs is 1. The lowest BCUT2D eigenvalue weighted by Crippen LogP contribution is -2.28. The van der Waals surface area contributed by atoms with Crippen LogP contribution in [0.25, 0.3) is 0 Å². The molecule has 0 saturated heterocycles. The summed E-state index contributed by atoms with van der Waals surface area (Å²) in [5, 5.41) is 3.01. The van der Waals surface area contributed by atoms with Gasteiger partial charge in [-0.25, -0.2) is 0 Å². The first kappa shape index (κ1) is 19.7. The SMILES string of the molecule is COc1cc(CC(=O)NC(C)c2ccc3c(c2)OCCO3)cc(OC)c1OC. The number of benzene rings is 2. The van der Waals surface area contributed by atoms with E-state index in [2.05, 4.69) is 5.32 Å². The molecule has 2 aromatic carbocycles. The minimum atomic E-state index is -0.176. The molecule has 1 aliphatic heterocycles. The van der Waals surface area contributed by atoms with Gasteiger partial charge in [-0.3, -0.25) is 4.79 Å². The lowest BCUT2D eigenvalue weighted by molar-refractivity contribution is -0.121. The Balaban J connectivity index is 1.70. The van der Waals surface area contributed by atoms with E-state index in [1.165, 1.54) is 0 Å². The van der Waals surface area contributed by atoms with E-state index in [1.807, 2.05) is 25.1 Å². The summed E-state index contributed by atoms with van der Waals surface area (Å²) in [6.45, 7) is 3.00. The van der Waals surface area contributed by atoms with Crippen molar-refractivity contribution in [2.75, 3.05) is 34.5 Å². The molecule has 1 atom stereocenters. The van der Waals surface area contributed by atoms with E-state index in [4.69, 9.17) is 23.7 Å². The van der Waals surface area contributed by atoms with Gasteiger partial charge in [0.25, 0.3) is 0 Å². The summed E-state index contributed by atoms with van der Waals surface area (Å²) in [6, 6.07) is 9.07. The Morgan fingerprint density at radius 2 is 1.64 bits per heavy atom. The Morgan fingerprint density at radius 3 is 2.25 bits per heavy atom. The van der Waals surface area contributed by atoms with Crippen molar-refractivity contribution in [2.24, 2.45) is 0 Å². The lowest BCUT2D eigenvalue weighted by atomic mass is 10.1. The lowest BCUT2D eigenvalue weighted by Gasteiger charge is -2.21. The van der Waals surface area contributed by atoms with Crippen molar-refractivity contribution in [3.8, 4) is 28.7 Å². The van der Waals surface area contributed by atoms with Crippen LogP contribution in [0.2, 0.25) is 0 Å². The van der Waals surface area contributed by atoms with Gasteiger partial charge in [0.15, 0.2) is 23.0 Å². The molecule has 7 heteroatoms. The quantitative estimate of drug-likeness (QED) is 0.787. The van der Waals surface area contributed by atoms with Crippen LogP contribution in [-0.2, 0) is 11.2 Å². The fraction of sp³-hybridized carbons (Fsp3) is 0.381. The molecule has 0 fully saturated rings. The molecule has 2 aromatic rings. The fourth-order valence-electron chi connectivity index (χ4n) is 3.13. The van der Waals surface area contributed by atoms with Crippen LogP contribution in [0.1, 0.15) is 24.1 Å². The molecule has 28 heavy (non-hydrogen) atoms. The summed E-state index contributed by atoms with van der Waals surface area (Å²) in [6.07, 6.45) is 0.186. The molecule has 1 N–H and O–H groups in total. The number of hydrogen-bond acceptors (Lipinski definition) is 6. The van der Waals surface area contributed by atoms with Gasteiger partial charge in [-0.1, -0.05) is 6.07 Å². The molecule has 1 aliphatic rings. The molecule has 1 heterocycles. The van der Waals surface area contributed by atoms with Crippen molar-refractivity contribution in [1.29, 1.82) is 0 Å². The second-order valence-electron chi connectivity index (χ2n) is 6.40. The molecule has 0 saturated carbocycles. The second-order valence-corrected chi connectivity index (χ2v) is 6.40. The highest BCUT2D eigenvalue weighted by Crippen LogP contribution is 2.38. The molecule has 0 aliphatic carbocycles. The summed E-state index contributed by atoms with van der Waals surface area (Å²) in [4.78, 5) is 12.6. The average Bonchev–Trinajstić information content (AvgIpc) is 2.72. The van der Waals surface area contributed by atoms with Gasteiger partial charge < -0.3 is 29.0 Å². The van der Waals surface area contributed by atoms with Crippen LogP contribution in [0, 0.1) is 0 Å². The average molecular weight is 387 g/mol. The van der Waals surface area contributed by atoms with Gasteiger partial charge in [-0.05, 0) is 42.3 Å². The van der Waals surface area contributed by atoms with Gasteiger partial charge in [0.1, 0.15) is 13.2 Å². The highest BCUT2D eigenvalue weighted by atomic mass is 16.6. The highest BCUT2D eigenvalue weighted by molar-refractivity contribution is 5.79. The number of methoxy groups -OCH3 is 3. The maximum Gasteiger partial charge on any atom is 0.224 e. The first-order chi connectivity index (χ1) is 13.5. The summed E-state index contributed by atoms with van der Waals surface area (Å²) in [7, 11) is 4.64. The molecule has 1 unspecified atom stereocenters. The van der Waals surface area contributed by atoms with Crippen molar-refractivity contribution in [3.05, 3.63) is 41.5 Å². The van der Waals surface area contributed by atoms with E-state index in [1.54, 1.807) is 33.5 Å². The van der Waals surface area contributed by atoms with Crippen LogP contribution < -0.4 is 29.0 Å². The number of rotatable bonds is 7. The molecule has 0 spiro atoms. The molecule has 3 rings (SSSR count). The number of ether oxygens (including phenoxy) is 5. The monoisotopic (exact) mass is 387 g/mol. The van der Waals surface area contributed by atoms with Crippen molar-refractivity contribution in [1.82, 2.24) is 5.32 Å². The molecule has 0 aromatic heterocycles. The molecular weight excluding hydrogens is 362 g/mol. The largest absolute Gasteiger partial charge is 0.493 e. The summed E-state index contributed by atoms with van der Waals surface area (Å²) in [5.74, 6) is 2.85. The van der Waals surface area contributed by atoms with Crippen LogP contribution in [0.3, 0.4) is 0 Å². The molecule has 7 nitrogen and oxygen atoms in total. The van der Waals surface area contributed by atoms with Gasteiger partial charge in [0, 0.05) is 0 Å². The minimum Gasteiger partial charge on any atom is -0.493 e. The van der Waals surface area contributed by atoms with Gasteiger partial charge in [-0.2, -0.15) is 0 Å². The van der Waals surface area contributed by atoms with Crippen molar-refractivity contribution < 1.29 is 28.5 Å². The smallest absolute Gasteiger partial charge is 0.224 e. The van der Waals surface area contributed by atoms with Crippen LogP contribution in [0.5, 0.6) is 28.7 Å². The van der Waals surface area contributed by atoms with E-state index in [-0.39, 0.29) is 18.4 Å². The summed E-state index contributed by atoms with van der Waals surface area (Å²) >= 11 is 0. The Morgan fingerprint density at radius 1 is 1.00 bits per heavy atom. The molecule has 0 radical (unpaired) electrons. The third kappa shape index (κ3) is 4.24. The Labute approximate surface area is 164 Å². The van der Waals surface area contributed by atoms with E-state index < -0.39 is 0 Å². The zero-order valence-corrected chi connectivity index (χ0v) is 16.5. The predicted molar refractivity (Wildman–Crippen MR) is 104 cm³/mol. The summed E-state index contributed by atoms with van der Waals surface area (Å²) in [5.41, 5.74) is 1.71. The van der Waals surface area contributed by atoms with Gasteiger partial charge in [0.05, 0.1) is 33.8 Å². The third-order valence-corrected chi connectivity index (χ3v) is 4.53. The van der Waals surface area contributed by atoms with Crippen LogP contribution in [0.4, 0.5) is 0 Å². The molecule has 0 bridgehead atoms. The number of carbonyl (C=O) groups is 1. The first-order valence-electron chi connectivity index (χ1n) is 9.03. The number of hydrogen-bond donors (Lipinski definition) is 1. The maximum atomic E-state index is 12.6. The van der Waals surface area contributed by atoms with Crippen molar-refractivity contribution in [3.63, 3.8) is 0 Å². The summed E-state index contributed by atoms with van der Waals surface area (Å²) < 4.78 is 27.1. The molecular formula is C21H25NO6. The standard InChI is InChI=1S/C21H25NO6/c1-13(15-5-6-16-17(12-15)28-8-7-27-16)22-20(23)11-14-9-18(24-2)21(26-4)19(10-14)25-3/h5-6,9-10,12-13H,7-8,11H2,1-4H3,(H,22,23). The van der Waals surface area contributed by atoms with Crippen molar-refractivity contribution >= 4 is 5.91 Å². The van der Waals surface area contributed by atoms with Crippen molar-refractivity contribution in [2.45, 2.75) is 19.4 Å². The van der Waals surface area contributed by atoms with Gasteiger partial charge in [0.2, 0.25) is 11.7 Å². The first-order valence-corrected chi connectivity index (χ1v) is 9.03. The molecule has 1 amide bonds. The number of carbonyl (C=O) groups excluding carboxylic acids is 1. The topological polar surface area (TPSA) is 75.3 Å². The van der Waals surface area contributed by atoms with Gasteiger partial charge in [-0.15, -0.1) is 0 Å². The zero-order chi connectivity index (χ0) is 20.1. The minimum absolute atomic E-state index is 0.114. The predicted octanol–water partition coefficient (Wildman–Crippen LogP) is 2.90. The third-order valence-electron chi connectivity index (χ3n) is 4.53. The van der Waals surface area contributed by atoms with Crippen LogP contribution in [-0.4, -0.2) is 40.5 Å². The van der Waals surface area contributed by atoms with Gasteiger partial charge >= 0.3 is 0 Å². The number of nitrogens with one attached hydrogen (secondary N) is 1. The zero-order valence-electron chi connectivity index (χ0n) is 16.5. The van der Waals surface area contributed by atoms with E-state index in [9.17, 15) is 4.79 Å². The fourth-order valence-corrected chi connectivity index (χ4v) is 3.13. The highest BCUT2D eigenvalue weighted by Gasteiger charge is 2.18. The molecule has 150 valence electrons. The Bertz CT molecular complexity index is 826. The van der Waals surface area contributed by atoms with E-state index in [0.29, 0.717) is 36.2 Å². The Hall–Kier alpha value is -3.09. The van der Waals surface area contributed by atoms with Crippen LogP contribution >= 0.6 is 0 Å². The van der Waals surface area contributed by atoms with Crippen LogP contribution in [0.15, 0.2) is 30.3 Å². The Kier molecular flexibility index (Phi) is 6.13. The second kappa shape index (κ2) is 8.73.